The second-order valence-electron chi connectivity index (χ2n) is 6.18. The standard InChI is InChI=1S/C18H26F3N3OS.HI/c1-3-16-11-24(7-8-26-16)17(22-2)23-10-14-5-4-6-15(9-14)12-25-13-18(19,20)21;/h4-6,9,16H,3,7-8,10-13H2,1-2H3,(H,22,23);1H. The predicted octanol–water partition coefficient (Wildman–Crippen LogP) is 4.29. The van der Waals surface area contributed by atoms with Gasteiger partial charge in [0.05, 0.1) is 6.61 Å². The maximum absolute atomic E-state index is 12.2. The summed E-state index contributed by atoms with van der Waals surface area (Å²) in [4.78, 5) is 6.63. The van der Waals surface area contributed by atoms with Crippen molar-refractivity contribution in [2.75, 3.05) is 32.5 Å². The fraction of sp³-hybridized carbons (Fsp3) is 0.611. The zero-order valence-corrected chi connectivity index (χ0v) is 18.7. The van der Waals surface area contributed by atoms with Crippen LogP contribution in [-0.2, 0) is 17.9 Å². The van der Waals surface area contributed by atoms with Crippen molar-refractivity contribution in [2.24, 2.45) is 4.99 Å². The van der Waals surface area contributed by atoms with Crippen molar-refractivity contribution in [1.82, 2.24) is 10.2 Å². The molecule has 2 rings (SSSR count). The summed E-state index contributed by atoms with van der Waals surface area (Å²) in [5, 5.41) is 3.98. The van der Waals surface area contributed by atoms with Crippen LogP contribution in [0.3, 0.4) is 0 Å². The molecule has 1 N–H and O–H groups in total. The molecule has 0 saturated carbocycles. The van der Waals surface area contributed by atoms with Crippen LogP contribution >= 0.6 is 35.7 Å². The van der Waals surface area contributed by atoms with Crippen molar-refractivity contribution in [1.29, 1.82) is 0 Å². The summed E-state index contributed by atoms with van der Waals surface area (Å²) in [6.07, 6.45) is -3.16. The van der Waals surface area contributed by atoms with E-state index in [9.17, 15) is 13.2 Å². The lowest BCUT2D eigenvalue weighted by Gasteiger charge is -2.34. The van der Waals surface area contributed by atoms with E-state index >= 15 is 0 Å². The van der Waals surface area contributed by atoms with Gasteiger partial charge in [0.15, 0.2) is 5.96 Å². The first-order valence-corrected chi connectivity index (χ1v) is 9.75. The van der Waals surface area contributed by atoms with Crippen LogP contribution in [0.25, 0.3) is 0 Å². The first-order chi connectivity index (χ1) is 12.4. The average molecular weight is 517 g/mol. The van der Waals surface area contributed by atoms with Gasteiger partial charge in [-0.1, -0.05) is 31.2 Å². The minimum Gasteiger partial charge on any atom is -0.367 e. The third-order valence-electron chi connectivity index (χ3n) is 4.08. The molecule has 0 aliphatic carbocycles. The third-order valence-corrected chi connectivity index (χ3v) is 5.45. The SMILES string of the molecule is CCC1CN(C(=NC)NCc2cccc(COCC(F)(F)F)c2)CCS1.I. The Balaban J connectivity index is 0.00000364. The molecule has 1 aliphatic rings. The Labute approximate surface area is 180 Å². The number of hydrogen-bond donors (Lipinski definition) is 1. The van der Waals surface area contributed by atoms with Crippen LogP contribution in [0.5, 0.6) is 0 Å². The van der Waals surface area contributed by atoms with Crippen LogP contribution in [0.4, 0.5) is 13.2 Å². The third kappa shape index (κ3) is 8.91. The molecule has 4 nitrogen and oxygen atoms in total. The molecular weight excluding hydrogens is 490 g/mol. The number of ether oxygens (including phenoxy) is 1. The summed E-state index contributed by atoms with van der Waals surface area (Å²) in [5.74, 6) is 1.95. The fourth-order valence-corrected chi connectivity index (χ4v) is 3.97. The summed E-state index contributed by atoms with van der Waals surface area (Å²) in [6.45, 7) is 3.43. The van der Waals surface area contributed by atoms with Gasteiger partial charge in [0.2, 0.25) is 0 Å². The molecule has 1 aliphatic heterocycles. The molecule has 9 heteroatoms. The highest BCUT2D eigenvalue weighted by atomic mass is 127. The van der Waals surface area contributed by atoms with Crippen molar-refractivity contribution < 1.29 is 17.9 Å². The largest absolute Gasteiger partial charge is 0.411 e. The molecule has 1 unspecified atom stereocenters. The Morgan fingerprint density at radius 3 is 2.78 bits per heavy atom. The van der Waals surface area contributed by atoms with Crippen LogP contribution in [0.1, 0.15) is 24.5 Å². The number of halogens is 4. The van der Waals surface area contributed by atoms with E-state index in [0.29, 0.717) is 11.8 Å². The zero-order chi connectivity index (χ0) is 19.0. The first kappa shape index (κ1) is 24.4. The number of benzene rings is 1. The van der Waals surface area contributed by atoms with Crippen molar-refractivity contribution in [3.05, 3.63) is 35.4 Å². The number of aliphatic imine (C=N–C) groups is 1. The summed E-state index contributed by atoms with van der Waals surface area (Å²) in [5.41, 5.74) is 1.71. The maximum atomic E-state index is 12.2. The molecule has 0 amide bonds. The highest BCUT2D eigenvalue weighted by Gasteiger charge is 2.27. The second-order valence-corrected chi connectivity index (χ2v) is 7.58. The van der Waals surface area contributed by atoms with E-state index in [1.54, 1.807) is 13.1 Å². The molecule has 0 spiro atoms. The number of hydrogen-bond acceptors (Lipinski definition) is 3. The summed E-state index contributed by atoms with van der Waals surface area (Å²) in [7, 11) is 1.77. The van der Waals surface area contributed by atoms with Gasteiger partial charge in [0.25, 0.3) is 0 Å². The molecule has 27 heavy (non-hydrogen) atoms. The van der Waals surface area contributed by atoms with Gasteiger partial charge >= 0.3 is 6.18 Å². The topological polar surface area (TPSA) is 36.9 Å². The number of nitrogens with one attached hydrogen (secondary N) is 1. The molecule has 0 aromatic heterocycles. The first-order valence-electron chi connectivity index (χ1n) is 8.70. The lowest BCUT2D eigenvalue weighted by molar-refractivity contribution is -0.176. The van der Waals surface area contributed by atoms with E-state index in [1.165, 1.54) is 0 Å². The maximum Gasteiger partial charge on any atom is 0.411 e. The van der Waals surface area contributed by atoms with Crippen molar-refractivity contribution >= 4 is 41.7 Å². The van der Waals surface area contributed by atoms with Crippen molar-refractivity contribution in [3.8, 4) is 0 Å². The van der Waals surface area contributed by atoms with Crippen LogP contribution < -0.4 is 5.32 Å². The van der Waals surface area contributed by atoms with E-state index in [1.807, 2.05) is 30.0 Å². The zero-order valence-electron chi connectivity index (χ0n) is 15.6. The van der Waals surface area contributed by atoms with Gasteiger partial charge in [-0.2, -0.15) is 24.9 Å². The van der Waals surface area contributed by atoms with Crippen molar-refractivity contribution in [2.45, 2.75) is 37.9 Å². The molecule has 0 radical (unpaired) electrons. The van der Waals surface area contributed by atoms with Gasteiger partial charge in [-0.15, -0.1) is 24.0 Å². The summed E-state index contributed by atoms with van der Waals surface area (Å²) >= 11 is 2.00. The quantitative estimate of drug-likeness (QED) is 0.347. The minimum absolute atomic E-state index is 0. The van der Waals surface area contributed by atoms with Gasteiger partial charge in [-0.3, -0.25) is 4.99 Å². The Kier molecular flexibility index (Phi) is 10.8. The van der Waals surface area contributed by atoms with E-state index in [4.69, 9.17) is 4.74 Å². The predicted molar refractivity (Wildman–Crippen MR) is 116 cm³/mol. The molecule has 154 valence electrons. The molecule has 1 aromatic carbocycles. The van der Waals surface area contributed by atoms with Gasteiger partial charge in [0, 0.05) is 37.7 Å². The van der Waals surface area contributed by atoms with E-state index in [-0.39, 0.29) is 30.6 Å². The van der Waals surface area contributed by atoms with Gasteiger partial charge in [-0.25, -0.2) is 0 Å². The highest BCUT2D eigenvalue weighted by molar-refractivity contribution is 14.0. The summed E-state index contributed by atoms with van der Waals surface area (Å²) in [6, 6.07) is 7.39. The number of nitrogens with zero attached hydrogens (tertiary/aromatic N) is 2. The molecule has 1 atom stereocenters. The lowest BCUT2D eigenvalue weighted by Crippen LogP contribution is -2.47. The van der Waals surface area contributed by atoms with Crippen molar-refractivity contribution in [3.63, 3.8) is 0 Å². The normalized spacial score (nSPS) is 18.2. The van der Waals surface area contributed by atoms with Crippen LogP contribution in [-0.4, -0.2) is 54.8 Å². The molecular formula is C18H27F3IN3OS. The molecule has 1 heterocycles. The number of guanidine groups is 1. The number of alkyl halides is 3. The van der Waals surface area contributed by atoms with Crippen LogP contribution in [0.2, 0.25) is 0 Å². The van der Waals surface area contributed by atoms with Gasteiger partial charge in [-0.05, 0) is 17.5 Å². The number of rotatable bonds is 6. The van der Waals surface area contributed by atoms with Crippen LogP contribution in [0.15, 0.2) is 29.3 Å². The Morgan fingerprint density at radius 1 is 1.37 bits per heavy atom. The Bertz CT molecular complexity index is 601. The monoisotopic (exact) mass is 517 g/mol. The van der Waals surface area contributed by atoms with Crippen LogP contribution in [0, 0.1) is 0 Å². The minimum atomic E-state index is -4.30. The molecule has 0 bridgehead atoms. The average Bonchev–Trinajstić information content (AvgIpc) is 2.62. The molecule has 1 aromatic rings. The van der Waals surface area contributed by atoms with E-state index in [2.05, 4.69) is 22.1 Å². The van der Waals surface area contributed by atoms with Gasteiger partial charge in [0.1, 0.15) is 6.61 Å². The smallest absolute Gasteiger partial charge is 0.367 e. The lowest BCUT2D eigenvalue weighted by atomic mass is 10.1. The van der Waals surface area contributed by atoms with E-state index < -0.39 is 12.8 Å². The Morgan fingerprint density at radius 2 is 2.11 bits per heavy atom. The highest BCUT2D eigenvalue weighted by Crippen LogP contribution is 2.21. The van der Waals surface area contributed by atoms with E-state index in [0.717, 1.165) is 42.3 Å². The number of thioether (sulfide) groups is 1. The fourth-order valence-electron chi connectivity index (χ4n) is 2.79. The van der Waals surface area contributed by atoms with Gasteiger partial charge < -0.3 is 15.0 Å². The summed E-state index contributed by atoms with van der Waals surface area (Å²) < 4.78 is 41.2. The molecule has 1 saturated heterocycles. The molecule has 1 fully saturated rings. The second kappa shape index (κ2) is 12.0. The Hall–Kier alpha value is -0.680.